The molecule has 0 unspecified atom stereocenters. The van der Waals surface area contributed by atoms with Crippen molar-refractivity contribution in [2.45, 2.75) is 6.92 Å². The third-order valence-corrected chi connectivity index (χ3v) is 4.17. The Hall–Kier alpha value is -3.21. The average Bonchev–Trinajstić information content (AvgIpc) is 2.87. The van der Waals surface area contributed by atoms with Crippen LogP contribution < -0.4 is 0 Å². The highest BCUT2D eigenvalue weighted by Gasteiger charge is 2.37. The lowest BCUT2D eigenvalue weighted by molar-refractivity contribution is 0.0695. The summed E-state index contributed by atoms with van der Waals surface area (Å²) < 4.78 is 1.50. The van der Waals surface area contributed by atoms with Crippen LogP contribution in [-0.4, -0.2) is 27.0 Å². The number of hydrogen-bond donors (Lipinski definition) is 1. The Labute approximate surface area is 130 Å². The molecule has 1 aromatic carbocycles. The molecule has 0 atom stereocenters. The van der Waals surface area contributed by atoms with Gasteiger partial charge in [0.15, 0.2) is 5.78 Å². The molecular formula is C18H11NO4. The van der Waals surface area contributed by atoms with Gasteiger partial charge >= 0.3 is 5.97 Å². The molecule has 112 valence electrons. The first-order chi connectivity index (χ1) is 11.0. The van der Waals surface area contributed by atoms with Gasteiger partial charge in [-0.25, -0.2) is 4.79 Å². The lowest BCUT2D eigenvalue weighted by atomic mass is 9.86. The molecule has 0 saturated carbocycles. The first-order valence-corrected chi connectivity index (χ1v) is 7.07. The van der Waals surface area contributed by atoms with Crippen molar-refractivity contribution in [3.05, 3.63) is 76.1 Å². The van der Waals surface area contributed by atoms with Crippen molar-refractivity contribution in [2.24, 2.45) is 0 Å². The van der Waals surface area contributed by atoms with E-state index in [2.05, 4.69) is 0 Å². The molecule has 0 amide bonds. The molecule has 2 heterocycles. The summed E-state index contributed by atoms with van der Waals surface area (Å²) in [6.45, 7) is 1.83. The first kappa shape index (κ1) is 13.5. The van der Waals surface area contributed by atoms with Gasteiger partial charge in [0.25, 0.3) is 0 Å². The van der Waals surface area contributed by atoms with Gasteiger partial charge < -0.3 is 9.51 Å². The van der Waals surface area contributed by atoms with Crippen molar-refractivity contribution in [3.8, 4) is 0 Å². The number of nitrogens with zero attached hydrogens (tertiary/aromatic N) is 1. The number of ketones is 2. The zero-order valence-electron chi connectivity index (χ0n) is 12.2. The molecule has 0 aliphatic heterocycles. The van der Waals surface area contributed by atoms with Gasteiger partial charge in [0.05, 0.1) is 16.6 Å². The number of benzene rings is 1. The zero-order chi connectivity index (χ0) is 16.3. The van der Waals surface area contributed by atoms with E-state index in [4.69, 9.17) is 0 Å². The second kappa shape index (κ2) is 4.39. The smallest absolute Gasteiger partial charge is 0.338 e. The van der Waals surface area contributed by atoms with Gasteiger partial charge in [-0.1, -0.05) is 24.3 Å². The third kappa shape index (κ3) is 1.64. The fourth-order valence-electron chi connectivity index (χ4n) is 3.16. The Morgan fingerprint density at radius 3 is 2.35 bits per heavy atom. The number of aromatic carboxylic acids is 1. The molecule has 0 spiro atoms. The number of fused-ring (bicyclic) bond motifs is 4. The SMILES string of the molecule is Cc1ccn2c3c(c(C(=O)O)c2c1)C(=O)c1ccccc1C3=O. The van der Waals surface area contributed by atoms with E-state index >= 15 is 0 Å². The topological polar surface area (TPSA) is 75.8 Å². The monoisotopic (exact) mass is 305 g/mol. The van der Waals surface area contributed by atoms with Gasteiger partial charge in [-0.3, -0.25) is 9.59 Å². The lowest BCUT2D eigenvalue weighted by Gasteiger charge is -2.15. The Bertz CT molecular complexity index is 1040. The van der Waals surface area contributed by atoms with E-state index in [-0.39, 0.29) is 28.2 Å². The van der Waals surface area contributed by atoms with Gasteiger partial charge in [0.1, 0.15) is 5.69 Å². The van der Waals surface area contributed by atoms with Crippen LogP contribution in [0.1, 0.15) is 47.9 Å². The lowest BCUT2D eigenvalue weighted by Crippen LogP contribution is -2.22. The molecule has 5 heteroatoms. The Morgan fingerprint density at radius 2 is 1.70 bits per heavy atom. The summed E-state index contributed by atoms with van der Waals surface area (Å²) >= 11 is 0. The minimum atomic E-state index is -1.21. The van der Waals surface area contributed by atoms with Crippen molar-refractivity contribution in [3.63, 3.8) is 0 Å². The minimum absolute atomic E-state index is 0.0215. The van der Waals surface area contributed by atoms with Crippen LogP contribution >= 0.6 is 0 Å². The quantitative estimate of drug-likeness (QED) is 0.586. The van der Waals surface area contributed by atoms with Crippen molar-refractivity contribution < 1.29 is 19.5 Å². The maximum atomic E-state index is 12.8. The summed E-state index contributed by atoms with van der Waals surface area (Å²) in [6, 6.07) is 9.94. The predicted octanol–water partition coefficient (Wildman–Crippen LogP) is 2.72. The van der Waals surface area contributed by atoms with E-state index in [0.29, 0.717) is 11.1 Å². The number of pyridine rings is 1. The molecule has 0 radical (unpaired) electrons. The molecule has 0 fully saturated rings. The van der Waals surface area contributed by atoms with E-state index in [9.17, 15) is 19.5 Å². The van der Waals surface area contributed by atoms with Gasteiger partial charge in [0.2, 0.25) is 5.78 Å². The number of aryl methyl sites for hydroxylation is 1. The molecule has 5 nitrogen and oxygen atoms in total. The maximum absolute atomic E-state index is 12.8. The number of carboxylic acids is 1. The fraction of sp³-hybridized carbons (Fsp3) is 0.0556. The van der Waals surface area contributed by atoms with E-state index < -0.39 is 11.8 Å². The second-order valence-electron chi connectivity index (χ2n) is 5.57. The Kier molecular flexibility index (Phi) is 2.57. The van der Waals surface area contributed by atoms with E-state index in [1.165, 1.54) is 4.40 Å². The van der Waals surface area contributed by atoms with E-state index in [1.54, 1.807) is 42.6 Å². The minimum Gasteiger partial charge on any atom is -0.478 e. The van der Waals surface area contributed by atoms with Crippen LogP contribution in [0.4, 0.5) is 0 Å². The van der Waals surface area contributed by atoms with Crippen molar-refractivity contribution in [2.75, 3.05) is 0 Å². The van der Waals surface area contributed by atoms with Crippen molar-refractivity contribution in [1.82, 2.24) is 4.40 Å². The highest BCUT2D eigenvalue weighted by Crippen LogP contribution is 2.33. The summed E-state index contributed by atoms with van der Waals surface area (Å²) in [7, 11) is 0. The maximum Gasteiger partial charge on any atom is 0.338 e. The van der Waals surface area contributed by atoms with E-state index in [1.807, 2.05) is 6.92 Å². The summed E-state index contributed by atoms with van der Waals surface area (Å²) in [5.74, 6) is -1.97. The number of aromatic nitrogens is 1. The molecule has 1 aliphatic rings. The number of rotatable bonds is 1. The Morgan fingerprint density at radius 1 is 1.04 bits per heavy atom. The van der Waals surface area contributed by atoms with Gasteiger partial charge in [-0.2, -0.15) is 0 Å². The van der Waals surface area contributed by atoms with E-state index in [0.717, 1.165) is 5.56 Å². The molecule has 0 saturated heterocycles. The fourth-order valence-corrected chi connectivity index (χ4v) is 3.16. The van der Waals surface area contributed by atoms with Crippen LogP contribution in [0.15, 0.2) is 42.6 Å². The standard InChI is InChI=1S/C18H11NO4/c1-9-6-7-19-12(8-9)13(18(22)23)14-15(19)17(21)11-5-3-2-4-10(11)16(14)20/h2-8H,1H3,(H,22,23). The molecule has 1 N–H and O–H groups in total. The summed E-state index contributed by atoms with van der Waals surface area (Å²) in [5, 5.41) is 9.59. The molecular weight excluding hydrogens is 294 g/mol. The number of carboxylic acid groups (broad SMARTS) is 1. The highest BCUT2D eigenvalue weighted by atomic mass is 16.4. The molecule has 3 aromatic rings. The number of carbonyl (C=O) groups excluding carboxylic acids is 2. The highest BCUT2D eigenvalue weighted by molar-refractivity contribution is 6.31. The summed E-state index contributed by atoms with van der Waals surface area (Å²) in [4.78, 5) is 37.4. The van der Waals surface area contributed by atoms with Crippen LogP contribution in [0, 0.1) is 6.92 Å². The summed E-state index contributed by atoms with van der Waals surface area (Å²) in [6.07, 6.45) is 1.63. The van der Waals surface area contributed by atoms with Crippen molar-refractivity contribution >= 4 is 23.1 Å². The van der Waals surface area contributed by atoms with Crippen LogP contribution in [0.5, 0.6) is 0 Å². The predicted molar refractivity (Wildman–Crippen MR) is 82.4 cm³/mol. The molecule has 2 aromatic heterocycles. The van der Waals surface area contributed by atoms with Crippen molar-refractivity contribution in [1.29, 1.82) is 0 Å². The first-order valence-electron chi connectivity index (χ1n) is 7.07. The van der Waals surface area contributed by atoms with Crippen LogP contribution in [0.3, 0.4) is 0 Å². The largest absolute Gasteiger partial charge is 0.478 e. The molecule has 0 bridgehead atoms. The third-order valence-electron chi connectivity index (χ3n) is 4.17. The van der Waals surface area contributed by atoms with Crippen LogP contribution in [0.2, 0.25) is 0 Å². The number of carbonyl (C=O) groups is 3. The number of hydrogen-bond acceptors (Lipinski definition) is 3. The molecule has 4 rings (SSSR count). The zero-order valence-corrected chi connectivity index (χ0v) is 12.2. The second-order valence-corrected chi connectivity index (χ2v) is 5.57. The summed E-state index contributed by atoms with van der Waals surface area (Å²) in [5.41, 5.74) is 1.76. The van der Waals surface area contributed by atoms with Gasteiger partial charge in [-0.15, -0.1) is 0 Å². The average molecular weight is 305 g/mol. The van der Waals surface area contributed by atoms with Crippen LogP contribution in [-0.2, 0) is 0 Å². The molecule has 1 aliphatic carbocycles. The molecule has 23 heavy (non-hydrogen) atoms. The van der Waals surface area contributed by atoms with Gasteiger partial charge in [0, 0.05) is 17.3 Å². The normalized spacial score (nSPS) is 13.1. The van der Waals surface area contributed by atoms with Crippen LogP contribution in [0.25, 0.3) is 5.52 Å². The van der Waals surface area contributed by atoms with Gasteiger partial charge in [-0.05, 0) is 24.6 Å². The Balaban J connectivity index is 2.20.